The van der Waals surface area contributed by atoms with Gasteiger partial charge in [-0.25, -0.2) is 8.42 Å². The van der Waals surface area contributed by atoms with Crippen molar-refractivity contribution in [1.82, 2.24) is 4.31 Å². The summed E-state index contributed by atoms with van der Waals surface area (Å²) in [5.74, 6) is 0. The van der Waals surface area contributed by atoms with Crippen LogP contribution in [0.25, 0.3) is 0 Å². The molecule has 6 heteroatoms. The van der Waals surface area contributed by atoms with Crippen LogP contribution in [0.15, 0.2) is 51.8 Å². The summed E-state index contributed by atoms with van der Waals surface area (Å²) in [6, 6.07) is 12.4. The number of hydrogen-bond acceptors (Lipinski definition) is 3. The second kappa shape index (κ2) is 6.17. The number of halogens is 1. The van der Waals surface area contributed by atoms with Crippen LogP contribution in [0.4, 0.5) is 5.69 Å². The van der Waals surface area contributed by atoms with E-state index in [1.54, 1.807) is 19.2 Å². The van der Waals surface area contributed by atoms with Crippen LogP contribution in [0.5, 0.6) is 0 Å². The maximum Gasteiger partial charge on any atom is 0.243 e. The molecule has 0 amide bonds. The van der Waals surface area contributed by atoms with Crippen molar-refractivity contribution in [2.75, 3.05) is 12.8 Å². The topological polar surface area (TPSA) is 63.4 Å². The van der Waals surface area contributed by atoms with E-state index in [2.05, 4.69) is 15.9 Å². The predicted molar refractivity (Wildman–Crippen MR) is 88.4 cm³/mol. The summed E-state index contributed by atoms with van der Waals surface area (Å²) in [5.41, 5.74) is 8.06. The number of sulfonamides is 1. The van der Waals surface area contributed by atoms with E-state index in [0.717, 1.165) is 15.6 Å². The molecule has 0 spiro atoms. The second-order valence-corrected chi connectivity index (χ2v) is 7.87. The highest BCUT2D eigenvalue weighted by Crippen LogP contribution is 2.21. The van der Waals surface area contributed by atoms with Crippen molar-refractivity contribution in [1.29, 1.82) is 0 Å². The number of nitrogen functional groups attached to an aromatic ring is 1. The van der Waals surface area contributed by atoms with E-state index < -0.39 is 10.0 Å². The lowest BCUT2D eigenvalue weighted by atomic mass is 10.2. The summed E-state index contributed by atoms with van der Waals surface area (Å²) < 4.78 is 27.3. The van der Waals surface area contributed by atoms with Gasteiger partial charge in [-0.3, -0.25) is 0 Å². The highest BCUT2D eigenvalue weighted by Gasteiger charge is 2.21. The summed E-state index contributed by atoms with van der Waals surface area (Å²) in [6.45, 7) is 2.15. The Bertz CT molecular complexity index is 743. The van der Waals surface area contributed by atoms with E-state index in [0.29, 0.717) is 12.2 Å². The summed E-state index contributed by atoms with van der Waals surface area (Å²) in [4.78, 5) is 0.213. The quantitative estimate of drug-likeness (QED) is 0.842. The smallest absolute Gasteiger partial charge is 0.243 e. The van der Waals surface area contributed by atoms with E-state index in [1.807, 2.05) is 31.2 Å². The lowest BCUT2D eigenvalue weighted by molar-refractivity contribution is 0.467. The van der Waals surface area contributed by atoms with Crippen LogP contribution in [-0.2, 0) is 16.6 Å². The first-order valence-electron chi connectivity index (χ1n) is 6.37. The Morgan fingerprint density at radius 2 is 1.76 bits per heavy atom. The number of nitrogens with two attached hydrogens (primary N) is 1. The van der Waals surface area contributed by atoms with Gasteiger partial charge in [0.2, 0.25) is 10.0 Å². The number of rotatable bonds is 4. The molecule has 2 aromatic rings. The third-order valence-corrected chi connectivity index (χ3v) is 5.61. The molecule has 0 radical (unpaired) electrons. The molecular weight excluding hydrogens is 352 g/mol. The second-order valence-electron chi connectivity index (χ2n) is 4.91. The molecule has 0 heterocycles. The van der Waals surface area contributed by atoms with Gasteiger partial charge in [0.15, 0.2) is 0 Å². The van der Waals surface area contributed by atoms with Gasteiger partial charge in [0.1, 0.15) is 0 Å². The molecule has 0 atom stereocenters. The van der Waals surface area contributed by atoms with Gasteiger partial charge >= 0.3 is 0 Å². The van der Waals surface area contributed by atoms with Crippen LogP contribution < -0.4 is 5.73 Å². The molecule has 0 aliphatic carbocycles. The lowest BCUT2D eigenvalue weighted by Gasteiger charge is -2.18. The van der Waals surface area contributed by atoms with Crippen LogP contribution in [0.1, 0.15) is 11.1 Å². The Kier molecular flexibility index (Phi) is 4.70. The van der Waals surface area contributed by atoms with Gasteiger partial charge in [0, 0.05) is 23.8 Å². The van der Waals surface area contributed by atoms with Crippen molar-refractivity contribution in [2.45, 2.75) is 18.4 Å². The monoisotopic (exact) mass is 368 g/mol. The zero-order valence-corrected chi connectivity index (χ0v) is 14.3. The number of nitrogens with zero attached hydrogens (tertiary/aromatic N) is 1. The van der Waals surface area contributed by atoms with Crippen molar-refractivity contribution in [3.05, 3.63) is 58.1 Å². The molecule has 2 N–H and O–H groups in total. The largest absolute Gasteiger partial charge is 0.398 e. The molecule has 0 aliphatic heterocycles. The zero-order chi connectivity index (χ0) is 15.6. The van der Waals surface area contributed by atoms with E-state index in [9.17, 15) is 8.42 Å². The van der Waals surface area contributed by atoms with E-state index in [-0.39, 0.29) is 4.90 Å². The SMILES string of the molecule is Cc1ccc(S(=O)(=O)N(C)Cc2ccc(Br)cc2)cc1N. The van der Waals surface area contributed by atoms with Crippen LogP contribution in [0.2, 0.25) is 0 Å². The van der Waals surface area contributed by atoms with Gasteiger partial charge in [0.05, 0.1) is 4.90 Å². The Morgan fingerprint density at radius 1 is 1.14 bits per heavy atom. The predicted octanol–water partition coefficient (Wildman–Crippen LogP) is 3.16. The van der Waals surface area contributed by atoms with E-state index in [4.69, 9.17) is 5.73 Å². The summed E-state index contributed by atoms with van der Waals surface area (Å²) in [5, 5.41) is 0. The third kappa shape index (κ3) is 3.64. The minimum absolute atomic E-state index is 0.213. The minimum Gasteiger partial charge on any atom is -0.398 e. The van der Waals surface area contributed by atoms with Gasteiger partial charge in [-0.2, -0.15) is 4.31 Å². The first-order chi connectivity index (χ1) is 9.80. The molecule has 0 unspecified atom stereocenters. The van der Waals surface area contributed by atoms with Crippen molar-refractivity contribution >= 4 is 31.6 Å². The van der Waals surface area contributed by atoms with Gasteiger partial charge in [0.25, 0.3) is 0 Å². The number of aryl methyl sites for hydroxylation is 1. The Hall–Kier alpha value is -1.37. The molecule has 0 saturated carbocycles. The Morgan fingerprint density at radius 3 is 2.33 bits per heavy atom. The van der Waals surface area contributed by atoms with Crippen LogP contribution in [-0.4, -0.2) is 19.8 Å². The fourth-order valence-corrected chi connectivity index (χ4v) is 3.35. The fraction of sp³-hybridized carbons (Fsp3) is 0.200. The fourth-order valence-electron chi connectivity index (χ4n) is 1.89. The molecule has 0 fully saturated rings. The highest BCUT2D eigenvalue weighted by atomic mass is 79.9. The zero-order valence-electron chi connectivity index (χ0n) is 11.9. The van der Waals surface area contributed by atoms with Crippen molar-refractivity contribution in [3.8, 4) is 0 Å². The van der Waals surface area contributed by atoms with Gasteiger partial charge in [-0.15, -0.1) is 0 Å². The molecule has 0 saturated heterocycles. The van der Waals surface area contributed by atoms with Gasteiger partial charge < -0.3 is 5.73 Å². The average Bonchev–Trinajstić information content (AvgIpc) is 2.44. The van der Waals surface area contributed by atoms with E-state index in [1.165, 1.54) is 10.4 Å². The van der Waals surface area contributed by atoms with E-state index >= 15 is 0 Å². The standard InChI is InChI=1S/C15H17BrN2O2S/c1-11-3-8-14(9-15(11)17)21(19,20)18(2)10-12-4-6-13(16)7-5-12/h3-9H,10,17H2,1-2H3. The van der Waals surface area contributed by atoms with Gasteiger partial charge in [-0.1, -0.05) is 34.1 Å². The normalized spacial score (nSPS) is 11.8. The molecule has 21 heavy (non-hydrogen) atoms. The summed E-state index contributed by atoms with van der Waals surface area (Å²) >= 11 is 3.36. The minimum atomic E-state index is -3.54. The maximum absolute atomic E-state index is 12.5. The molecule has 4 nitrogen and oxygen atoms in total. The van der Waals surface area contributed by atoms with Crippen molar-refractivity contribution in [3.63, 3.8) is 0 Å². The highest BCUT2D eigenvalue weighted by molar-refractivity contribution is 9.10. The van der Waals surface area contributed by atoms with Crippen molar-refractivity contribution < 1.29 is 8.42 Å². The number of hydrogen-bond donors (Lipinski definition) is 1. The first-order valence-corrected chi connectivity index (χ1v) is 8.61. The molecule has 0 bridgehead atoms. The van der Waals surface area contributed by atoms with Crippen LogP contribution >= 0.6 is 15.9 Å². The van der Waals surface area contributed by atoms with Crippen molar-refractivity contribution in [2.24, 2.45) is 0 Å². The first kappa shape index (κ1) is 16.0. The number of benzene rings is 2. The average molecular weight is 369 g/mol. The van der Waals surface area contributed by atoms with Crippen LogP contribution in [0.3, 0.4) is 0 Å². The third-order valence-electron chi connectivity index (χ3n) is 3.28. The molecule has 0 aromatic heterocycles. The lowest BCUT2D eigenvalue weighted by Crippen LogP contribution is -2.26. The Labute approximate surface area is 133 Å². The molecule has 2 rings (SSSR count). The van der Waals surface area contributed by atoms with Crippen LogP contribution in [0, 0.1) is 6.92 Å². The Balaban J connectivity index is 2.25. The summed E-state index contributed by atoms with van der Waals surface area (Å²) in [7, 11) is -1.98. The maximum atomic E-state index is 12.5. The summed E-state index contributed by atoms with van der Waals surface area (Å²) in [6.07, 6.45) is 0. The molecular formula is C15H17BrN2O2S. The molecule has 0 aliphatic rings. The van der Waals surface area contributed by atoms with Gasteiger partial charge in [-0.05, 0) is 42.3 Å². The molecule has 2 aromatic carbocycles. The number of anilines is 1. The molecule has 112 valence electrons.